The minimum Gasteiger partial charge on any atom is -0.312 e. The number of hydrogen-bond acceptors (Lipinski definition) is 1. The number of benzene rings is 1. The summed E-state index contributed by atoms with van der Waals surface area (Å²) >= 11 is 0. The Balaban J connectivity index is 2.87. The highest BCUT2D eigenvalue weighted by atomic mass is 28.3. The molecule has 0 aliphatic carbocycles. The van der Waals surface area contributed by atoms with Crippen molar-refractivity contribution in [2.24, 2.45) is 0 Å². The number of carbonyl (C=O) groups excluding carboxylic acids is 1. The Morgan fingerprint density at radius 2 is 1.62 bits per heavy atom. The third-order valence-corrected chi connectivity index (χ3v) is 7.35. The highest BCUT2D eigenvalue weighted by molar-refractivity contribution is 6.93. The van der Waals surface area contributed by atoms with Gasteiger partial charge in [-0.3, -0.25) is 4.79 Å². The largest absolute Gasteiger partial charge is 0.397 e. The predicted molar refractivity (Wildman–Crippen MR) is 95.2 cm³/mol. The molecule has 2 nitrogen and oxygen atoms in total. The molecule has 0 saturated carbocycles. The Morgan fingerprint density at radius 1 is 1.08 bits per heavy atom. The Bertz CT molecular complexity index is 562. The minimum absolute atomic E-state index is 0.212. The number of nitrogens with zero attached hydrogens (tertiary/aromatic N) is 1. The van der Waals surface area contributed by atoms with Gasteiger partial charge >= 0.3 is 6.18 Å². The smallest absolute Gasteiger partial charge is 0.312 e. The van der Waals surface area contributed by atoms with Crippen molar-refractivity contribution in [3.63, 3.8) is 0 Å². The topological polar surface area (TPSA) is 20.3 Å². The molecule has 0 fully saturated rings. The van der Waals surface area contributed by atoms with E-state index in [1.165, 1.54) is 4.90 Å². The summed E-state index contributed by atoms with van der Waals surface area (Å²) in [6.45, 7) is 11.6. The van der Waals surface area contributed by atoms with Crippen LogP contribution in [-0.4, -0.2) is 26.7 Å². The molecule has 0 aliphatic heterocycles. The summed E-state index contributed by atoms with van der Waals surface area (Å²) in [5.41, 5.74) is 5.96. The van der Waals surface area contributed by atoms with Gasteiger partial charge in [0.05, 0.1) is 0 Å². The first-order valence-corrected chi connectivity index (χ1v) is 10.0. The van der Waals surface area contributed by atoms with Crippen LogP contribution in [0.25, 0.3) is 0 Å². The van der Waals surface area contributed by atoms with Crippen LogP contribution in [-0.2, 0) is 4.79 Å². The molecule has 0 heterocycles. The number of rotatable bonds is 9. The van der Waals surface area contributed by atoms with Crippen LogP contribution in [0.4, 0.5) is 18.9 Å². The van der Waals surface area contributed by atoms with E-state index >= 15 is 0 Å². The lowest BCUT2D eigenvalue weighted by molar-refractivity contribution is -0.151. The van der Waals surface area contributed by atoms with E-state index in [0.717, 1.165) is 0 Å². The van der Waals surface area contributed by atoms with Gasteiger partial charge in [0.15, 0.2) is 0 Å². The van der Waals surface area contributed by atoms with Gasteiger partial charge in [-0.25, -0.2) is 0 Å². The molecule has 1 aromatic rings. The Hall–Kier alpha value is -2.08. The molecule has 0 atom stereocenters. The number of hydrogen-bond donors (Lipinski definition) is 0. The molecule has 0 radical (unpaired) electrons. The summed E-state index contributed by atoms with van der Waals surface area (Å²) in [4.78, 5) is 13.3. The summed E-state index contributed by atoms with van der Waals surface area (Å²) in [6.07, 6.45) is -5.43. The summed E-state index contributed by atoms with van der Waals surface area (Å²) in [5, 5.41) is 0. The van der Waals surface area contributed by atoms with Gasteiger partial charge in [0.1, 0.15) is 14.5 Å². The molecule has 1 amide bonds. The van der Waals surface area contributed by atoms with Crippen molar-refractivity contribution in [1.82, 2.24) is 0 Å². The molecule has 1 rings (SSSR count). The van der Waals surface area contributed by atoms with Crippen LogP contribution in [0.2, 0.25) is 6.04 Å². The first kappa shape index (κ1) is 20.0. The maximum Gasteiger partial charge on any atom is 0.397 e. The standard InChI is InChI=1S/C18H22F3NOSi/c1-4-24(5-2,6-3)14-10-13-22(16-11-8-7-9-12-16)17(23)15-18(19,20)21/h4-9,11-12H,1-3,10,13-15H2. The van der Waals surface area contributed by atoms with Gasteiger partial charge in [0.25, 0.3) is 0 Å². The van der Waals surface area contributed by atoms with Gasteiger partial charge < -0.3 is 4.90 Å². The molecular weight excluding hydrogens is 331 g/mol. The number of anilines is 1. The molecule has 0 aromatic heterocycles. The molecule has 0 spiro atoms. The number of halogens is 3. The van der Waals surface area contributed by atoms with E-state index in [2.05, 4.69) is 19.7 Å². The van der Waals surface area contributed by atoms with Gasteiger partial charge in [-0.2, -0.15) is 13.2 Å². The fourth-order valence-corrected chi connectivity index (χ4v) is 4.26. The van der Waals surface area contributed by atoms with Gasteiger partial charge in [-0.05, 0) is 24.6 Å². The Kier molecular flexibility index (Phi) is 7.22. The van der Waals surface area contributed by atoms with Crippen LogP contribution in [0, 0.1) is 0 Å². The fourth-order valence-electron chi connectivity index (χ4n) is 2.37. The maximum atomic E-state index is 12.6. The van der Waals surface area contributed by atoms with Gasteiger partial charge in [-0.1, -0.05) is 35.3 Å². The van der Waals surface area contributed by atoms with Crippen molar-refractivity contribution in [2.45, 2.75) is 25.1 Å². The van der Waals surface area contributed by atoms with E-state index < -0.39 is 26.6 Å². The molecule has 130 valence electrons. The zero-order valence-corrected chi connectivity index (χ0v) is 14.6. The zero-order valence-electron chi connectivity index (χ0n) is 13.6. The average molecular weight is 353 g/mol. The van der Waals surface area contributed by atoms with Crippen LogP contribution in [0.1, 0.15) is 12.8 Å². The molecule has 0 saturated heterocycles. The third-order valence-electron chi connectivity index (χ3n) is 3.85. The van der Waals surface area contributed by atoms with Crippen molar-refractivity contribution in [2.75, 3.05) is 11.4 Å². The predicted octanol–water partition coefficient (Wildman–Crippen LogP) is 4.99. The number of para-hydroxylation sites is 1. The van der Waals surface area contributed by atoms with Crippen molar-refractivity contribution in [3.05, 3.63) is 67.2 Å². The quantitative estimate of drug-likeness (QED) is 0.573. The van der Waals surface area contributed by atoms with E-state index in [1.54, 1.807) is 30.3 Å². The van der Waals surface area contributed by atoms with Gasteiger partial charge in [0.2, 0.25) is 5.91 Å². The van der Waals surface area contributed by atoms with E-state index in [-0.39, 0.29) is 6.54 Å². The number of carbonyl (C=O) groups is 1. The second-order valence-corrected chi connectivity index (χ2v) is 9.45. The number of alkyl halides is 3. The monoisotopic (exact) mass is 353 g/mol. The summed E-state index contributed by atoms with van der Waals surface area (Å²) in [6, 6.07) is 9.10. The Morgan fingerprint density at radius 3 is 2.08 bits per heavy atom. The lowest BCUT2D eigenvalue weighted by atomic mass is 10.2. The van der Waals surface area contributed by atoms with Crippen LogP contribution < -0.4 is 4.90 Å². The molecular formula is C18H22F3NOSi. The lowest BCUT2D eigenvalue weighted by Crippen LogP contribution is -2.36. The van der Waals surface area contributed by atoms with E-state index in [9.17, 15) is 18.0 Å². The van der Waals surface area contributed by atoms with Gasteiger partial charge in [-0.15, -0.1) is 19.7 Å². The van der Waals surface area contributed by atoms with Crippen molar-refractivity contribution in [3.8, 4) is 0 Å². The molecule has 6 heteroatoms. The molecule has 1 aromatic carbocycles. The van der Waals surface area contributed by atoms with E-state index in [4.69, 9.17) is 0 Å². The van der Waals surface area contributed by atoms with Crippen molar-refractivity contribution < 1.29 is 18.0 Å². The average Bonchev–Trinajstić information content (AvgIpc) is 2.55. The number of amides is 1. The second kappa shape index (κ2) is 8.68. The lowest BCUT2D eigenvalue weighted by Gasteiger charge is -2.26. The molecule has 24 heavy (non-hydrogen) atoms. The minimum atomic E-state index is -4.52. The van der Waals surface area contributed by atoms with Crippen molar-refractivity contribution in [1.29, 1.82) is 0 Å². The molecule has 0 bridgehead atoms. The Labute approximate surface area is 142 Å². The van der Waals surface area contributed by atoms with Crippen LogP contribution in [0.15, 0.2) is 67.2 Å². The van der Waals surface area contributed by atoms with Crippen LogP contribution >= 0.6 is 0 Å². The maximum absolute atomic E-state index is 12.6. The summed E-state index contributed by atoms with van der Waals surface area (Å²) < 4.78 is 37.7. The van der Waals surface area contributed by atoms with E-state index in [1.807, 2.05) is 17.1 Å². The normalized spacial score (nSPS) is 11.6. The summed E-state index contributed by atoms with van der Waals surface area (Å²) in [7, 11) is -2.04. The second-order valence-electron chi connectivity index (χ2n) is 5.50. The zero-order chi connectivity index (χ0) is 18.2. The van der Waals surface area contributed by atoms with Gasteiger partial charge in [0, 0.05) is 12.2 Å². The highest BCUT2D eigenvalue weighted by Gasteiger charge is 2.34. The molecule has 0 unspecified atom stereocenters. The fraction of sp³-hybridized carbons (Fsp3) is 0.278. The van der Waals surface area contributed by atoms with E-state index in [0.29, 0.717) is 18.2 Å². The van der Waals surface area contributed by atoms with Crippen LogP contribution in [0.5, 0.6) is 0 Å². The molecule has 0 N–H and O–H groups in total. The van der Waals surface area contributed by atoms with Crippen LogP contribution in [0.3, 0.4) is 0 Å². The third kappa shape index (κ3) is 5.85. The van der Waals surface area contributed by atoms with Crippen molar-refractivity contribution >= 4 is 19.7 Å². The first-order valence-electron chi connectivity index (χ1n) is 7.60. The SMILES string of the molecule is C=C[Si](C=C)(C=C)CCCN(C(=O)CC(F)(F)F)c1ccccc1. The summed E-state index contributed by atoms with van der Waals surface area (Å²) in [5.74, 6) is -0.947. The molecule has 0 aliphatic rings. The first-order chi connectivity index (χ1) is 11.3. The highest BCUT2D eigenvalue weighted by Crippen LogP contribution is 2.25.